The van der Waals surface area contributed by atoms with Crippen molar-refractivity contribution < 1.29 is 9.59 Å². The number of nitrogens with one attached hydrogen (secondary N) is 1. The number of nitrogens with zero attached hydrogens (tertiary/aromatic N) is 3. The van der Waals surface area contributed by atoms with Crippen LogP contribution < -0.4 is 5.32 Å². The smallest absolute Gasteiger partial charge is 0.255 e. The first-order valence-electron chi connectivity index (χ1n) is 11.4. The molecular formula is C24H32N4O2. The fourth-order valence-electron chi connectivity index (χ4n) is 4.73. The summed E-state index contributed by atoms with van der Waals surface area (Å²) in [6.07, 6.45) is 10.8. The molecule has 2 aliphatic rings. The number of carbonyl (C=O) groups excluding carboxylic acids is 2. The third-order valence-electron chi connectivity index (χ3n) is 6.44. The van der Waals surface area contributed by atoms with E-state index in [0.717, 1.165) is 49.8 Å². The number of amides is 2. The van der Waals surface area contributed by atoms with Crippen LogP contribution >= 0.6 is 0 Å². The third kappa shape index (κ3) is 4.58. The van der Waals surface area contributed by atoms with Crippen LogP contribution in [0.4, 0.5) is 5.82 Å². The average Bonchev–Trinajstić information content (AvgIpc) is 3.35. The van der Waals surface area contributed by atoms with Crippen molar-refractivity contribution >= 4 is 17.6 Å². The van der Waals surface area contributed by atoms with E-state index in [1.165, 1.54) is 19.3 Å². The highest BCUT2D eigenvalue weighted by molar-refractivity contribution is 6.03. The Balaban J connectivity index is 1.50. The first-order chi connectivity index (χ1) is 14.7. The van der Waals surface area contributed by atoms with E-state index in [2.05, 4.69) is 17.3 Å². The minimum atomic E-state index is -0.464. The van der Waals surface area contributed by atoms with E-state index in [-0.39, 0.29) is 11.8 Å². The van der Waals surface area contributed by atoms with Crippen LogP contribution in [0, 0.1) is 5.92 Å². The fraction of sp³-hybridized carbons (Fsp3) is 0.542. The van der Waals surface area contributed by atoms with Gasteiger partial charge in [0.25, 0.3) is 5.91 Å². The van der Waals surface area contributed by atoms with Crippen LogP contribution in [0.1, 0.15) is 74.2 Å². The zero-order valence-corrected chi connectivity index (χ0v) is 17.8. The van der Waals surface area contributed by atoms with Crippen molar-refractivity contribution in [3.05, 3.63) is 47.7 Å². The molecule has 2 heterocycles. The molecule has 1 unspecified atom stereocenters. The summed E-state index contributed by atoms with van der Waals surface area (Å²) in [7, 11) is 0. The molecule has 2 aromatic rings. The molecule has 1 aliphatic carbocycles. The molecule has 6 nitrogen and oxygen atoms in total. The van der Waals surface area contributed by atoms with E-state index in [4.69, 9.17) is 0 Å². The Morgan fingerprint density at radius 1 is 1.20 bits per heavy atom. The Hall–Kier alpha value is -2.63. The highest BCUT2D eigenvalue weighted by atomic mass is 16.2. The van der Waals surface area contributed by atoms with Gasteiger partial charge in [0, 0.05) is 30.9 Å². The summed E-state index contributed by atoms with van der Waals surface area (Å²) >= 11 is 0. The molecule has 1 aromatic carbocycles. The molecule has 4 rings (SSSR count). The monoisotopic (exact) mass is 408 g/mol. The minimum absolute atomic E-state index is 0.0324. The molecule has 2 amide bonds. The molecule has 1 saturated carbocycles. The molecule has 0 spiro atoms. The van der Waals surface area contributed by atoms with Crippen molar-refractivity contribution in [3.63, 3.8) is 0 Å². The van der Waals surface area contributed by atoms with Crippen LogP contribution in [0.2, 0.25) is 0 Å². The largest absolute Gasteiger partial charge is 0.322 e. The number of benzene rings is 1. The molecule has 0 radical (unpaired) electrons. The fourth-order valence-corrected chi connectivity index (χ4v) is 4.73. The maximum Gasteiger partial charge on any atom is 0.255 e. The second-order valence-electron chi connectivity index (χ2n) is 8.65. The Labute approximate surface area is 178 Å². The second kappa shape index (κ2) is 9.45. The number of aryl methyl sites for hydroxylation is 1. The van der Waals surface area contributed by atoms with Gasteiger partial charge in [-0.15, -0.1) is 0 Å². The number of carbonyl (C=O) groups is 2. The highest BCUT2D eigenvalue weighted by Crippen LogP contribution is 2.32. The summed E-state index contributed by atoms with van der Waals surface area (Å²) in [5.74, 6) is 0.902. The predicted molar refractivity (Wildman–Crippen MR) is 117 cm³/mol. The first kappa shape index (κ1) is 20.6. The summed E-state index contributed by atoms with van der Waals surface area (Å²) in [6.45, 7) is 3.50. The number of anilines is 1. The van der Waals surface area contributed by atoms with Gasteiger partial charge in [0.15, 0.2) is 5.82 Å². The number of hydrogen-bond donors (Lipinski definition) is 1. The van der Waals surface area contributed by atoms with Gasteiger partial charge < -0.3 is 10.2 Å². The third-order valence-corrected chi connectivity index (χ3v) is 6.44. The van der Waals surface area contributed by atoms with Gasteiger partial charge in [0.05, 0.1) is 0 Å². The van der Waals surface area contributed by atoms with Gasteiger partial charge in [-0.3, -0.25) is 14.3 Å². The molecule has 1 aliphatic heterocycles. The average molecular weight is 409 g/mol. The van der Waals surface area contributed by atoms with Crippen LogP contribution in [0.5, 0.6) is 0 Å². The maximum atomic E-state index is 13.3. The van der Waals surface area contributed by atoms with Crippen molar-refractivity contribution in [1.82, 2.24) is 14.7 Å². The normalized spacial score (nSPS) is 17.8. The van der Waals surface area contributed by atoms with Gasteiger partial charge >= 0.3 is 0 Å². The first-order valence-corrected chi connectivity index (χ1v) is 11.4. The topological polar surface area (TPSA) is 67.2 Å². The number of unbranched alkanes of at least 4 members (excludes halogenated alkanes) is 1. The Morgan fingerprint density at radius 3 is 2.77 bits per heavy atom. The van der Waals surface area contributed by atoms with Crippen molar-refractivity contribution in [3.8, 4) is 0 Å². The molecule has 30 heavy (non-hydrogen) atoms. The lowest BCUT2D eigenvalue weighted by Gasteiger charge is -2.31. The van der Waals surface area contributed by atoms with E-state index >= 15 is 0 Å². The van der Waals surface area contributed by atoms with Crippen molar-refractivity contribution in [2.45, 2.75) is 77.4 Å². The Morgan fingerprint density at radius 2 is 2.00 bits per heavy atom. The van der Waals surface area contributed by atoms with Crippen LogP contribution in [0.15, 0.2) is 36.5 Å². The minimum Gasteiger partial charge on any atom is -0.322 e. The second-order valence-corrected chi connectivity index (χ2v) is 8.65. The quantitative estimate of drug-likeness (QED) is 0.693. The molecule has 1 aromatic heterocycles. The molecule has 1 fully saturated rings. The summed E-state index contributed by atoms with van der Waals surface area (Å²) in [5.41, 5.74) is 1.73. The summed E-state index contributed by atoms with van der Waals surface area (Å²) < 4.78 is 1.87. The van der Waals surface area contributed by atoms with E-state index in [1.807, 2.05) is 41.2 Å². The maximum absolute atomic E-state index is 13.3. The molecule has 6 heteroatoms. The molecule has 1 atom stereocenters. The number of hydrogen-bond acceptors (Lipinski definition) is 3. The Bertz CT molecular complexity index is 885. The van der Waals surface area contributed by atoms with E-state index in [0.29, 0.717) is 18.3 Å². The summed E-state index contributed by atoms with van der Waals surface area (Å²) in [6, 6.07) is 9.06. The van der Waals surface area contributed by atoms with Gasteiger partial charge in [-0.25, -0.2) is 0 Å². The van der Waals surface area contributed by atoms with Gasteiger partial charge in [0.2, 0.25) is 5.91 Å². The lowest BCUT2D eigenvalue weighted by atomic mass is 9.84. The lowest BCUT2D eigenvalue weighted by molar-refractivity contribution is -0.121. The van der Waals surface area contributed by atoms with E-state index in [9.17, 15) is 9.59 Å². The molecule has 160 valence electrons. The van der Waals surface area contributed by atoms with Gasteiger partial charge in [-0.05, 0) is 30.4 Å². The molecule has 0 saturated heterocycles. The zero-order valence-electron chi connectivity index (χ0n) is 17.8. The zero-order chi connectivity index (χ0) is 20.9. The van der Waals surface area contributed by atoms with Crippen LogP contribution in [-0.2, 0) is 17.9 Å². The lowest BCUT2D eigenvalue weighted by Crippen LogP contribution is -2.45. The molecular weight excluding hydrogens is 376 g/mol. The van der Waals surface area contributed by atoms with Gasteiger partial charge in [0.1, 0.15) is 6.04 Å². The van der Waals surface area contributed by atoms with Crippen molar-refractivity contribution in [2.24, 2.45) is 5.92 Å². The molecule has 0 bridgehead atoms. The predicted octanol–water partition coefficient (Wildman–Crippen LogP) is 4.62. The van der Waals surface area contributed by atoms with Crippen molar-refractivity contribution in [2.75, 3.05) is 5.32 Å². The Kier molecular flexibility index (Phi) is 6.50. The summed E-state index contributed by atoms with van der Waals surface area (Å²) in [5, 5.41) is 7.47. The van der Waals surface area contributed by atoms with E-state index in [1.54, 1.807) is 4.90 Å². The van der Waals surface area contributed by atoms with Gasteiger partial charge in [-0.1, -0.05) is 63.6 Å². The number of rotatable bonds is 8. The van der Waals surface area contributed by atoms with Crippen molar-refractivity contribution in [1.29, 1.82) is 0 Å². The number of fused-ring (bicyclic) bond motifs is 1. The van der Waals surface area contributed by atoms with Crippen LogP contribution in [-0.4, -0.2) is 32.5 Å². The number of aromatic nitrogens is 2. The standard InChI is InChI=1S/C24H32N4O2/c1-2-3-14-27-15-13-22(26-27)25-23(29)21(16-18-9-5-4-6-10-18)28-17-19-11-7-8-12-20(19)24(28)30/h7-8,11-13,15,18,21H,2-6,9-10,14,16-17H2,1H3,(H,25,26,29). The summed E-state index contributed by atoms with van der Waals surface area (Å²) in [4.78, 5) is 28.2. The van der Waals surface area contributed by atoms with E-state index < -0.39 is 6.04 Å². The highest BCUT2D eigenvalue weighted by Gasteiger charge is 2.37. The van der Waals surface area contributed by atoms with Crippen LogP contribution in [0.25, 0.3) is 0 Å². The SMILES string of the molecule is CCCCn1ccc(NC(=O)C(CC2CCCCC2)N2Cc3ccccc3C2=O)n1. The van der Waals surface area contributed by atoms with Crippen LogP contribution in [0.3, 0.4) is 0 Å². The molecule has 1 N–H and O–H groups in total. The van der Waals surface area contributed by atoms with Gasteiger partial charge in [-0.2, -0.15) is 5.10 Å².